The van der Waals surface area contributed by atoms with E-state index in [9.17, 15) is 9.18 Å². The summed E-state index contributed by atoms with van der Waals surface area (Å²) in [6.45, 7) is 2.59. The van der Waals surface area contributed by atoms with Crippen molar-refractivity contribution in [2.45, 2.75) is 25.3 Å². The minimum absolute atomic E-state index is 0.0205. The first-order chi connectivity index (χ1) is 12.6. The van der Waals surface area contributed by atoms with E-state index in [4.69, 9.17) is 0 Å². The highest BCUT2D eigenvalue weighted by molar-refractivity contribution is 7.14. The minimum Gasteiger partial charge on any atom is -0.317 e. The van der Waals surface area contributed by atoms with Gasteiger partial charge >= 0.3 is 0 Å². The molecule has 1 saturated heterocycles. The molecule has 1 fully saturated rings. The molecule has 0 atom stereocenters. The van der Waals surface area contributed by atoms with Crippen LogP contribution < -0.4 is 10.2 Å². The van der Waals surface area contributed by atoms with Crippen LogP contribution in [0.15, 0.2) is 24.4 Å². The number of aryl methyl sites for hydroxylation is 1. The standard InChI is InChI=1S/C19H19FN4OS/c1-23-9-12-6-14(8-15(20)17(12)22-23)24-10-13-7-16(26-18(13)19(24)25)11-2-4-21-5-3-11/h6-9,11,21H,2-5,10H2,1H3. The molecule has 0 saturated carbocycles. The summed E-state index contributed by atoms with van der Waals surface area (Å²) < 4.78 is 16.0. The molecule has 0 unspecified atom stereocenters. The number of rotatable bonds is 2. The predicted octanol–water partition coefficient (Wildman–Crippen LogP) is 3.40. The van der Waals surface area contributed by atoms with Gasteiger partial charge in [-0.1, -0.05) is 0 Å². The van der Waals surface area contributed by atoms with Crippen LogP contribution in [0.25, 0.3) is 10.9 Å². The van der Waals surface area contributed by atoms with Crippen LogP contribution in [-0.4, -0.2) is 28.8 Å². The highest BCUT2D eigenvalue weighted by atomic mass is 32.1. The Hall–Kier alpha value is -2.25. The van der Waals surface area contributed by atoms with Crippen molar-refractivity contribution in [2.24, 2.45) is 7.05 Å². The average Bonchev–Trinajstić information content (AvgIpc) is 3.30. The number of nitrogens with one attached hydrogen (secondary N) is 1. The first-order valence-corrected chi connectivity index (χ1v) is 9.70. The van der Waals surface area contributed by atoms with E-state index in [1.54, 1.807) is 34.2 Å². The summed E-state index contributed by atoms with van der Waals surface area (Å²) in [5, 5.41) is 8.22. The van der Waals surface area contributed by atoms with Crippen LogP contribution in [0.1, 0.15) is 38.9 Å². The number of hydrogen-bond acceptors (Lipinski definition) is 4. The minimum atomic E-state index is -0.392. The second-order valence-corrected chi connectivity index (χ2v) is 8.17. The molecule has 1 amide bonds. The Balaban J connectivity index is 1.46. The van der Waals surface area contributed by atoms with Crippen molar-refractivity contribution in [2.75, 3.05) is 18.0 Å². The van der Waals surface area contributed by atoms with Gasteiger partial charge in [0.15, 0.2) is 5.82 Å². The monoisotopic (exact) mass is 370 g/mol. The third kappa shape index (κ3) is 2.46. The van der Waals surface area contributed by atoms with Crippen molar-refractivity contribution < 1.29 is 9.18 Å². The van der Waals surface area contributed by atoms with E-state index in [2.05, 4.69) is 16.5 Å². The van der Waals surface area contributed by atoms with Crippen molar-refractivity contribution in [1.82, 2.24) is 15.1 Å². The van der Waals surface area contributed by atoms with Gasteiger partial charge in [-0.15, -0.1) is 11.3 Å². The molecule has 26 heavy (non-hydrogen) atoms. The summed E-state index contributed by atoms with van der Waals surface area (Å²) in [5.41, 5.74) is 2.01. The van der Waals surface area contributed by atoms with Crippen molar-refractivity contribution in [3.63, 3.8) is 0 Å². The molecular formula is C19H19FN4OS. The molecule has 0 radical (unpaired) electrons. The molecule has 1 aromatic carbocycles. The fourth-order valence-corrected chi connectivity index (χ4v) is 5.27. The van der Waals surface area contributed by atoms with Crippen LogP contribution in [0.2, 0.25) is 0 Å². The third-order valence-corrected chi connectivity index (χ3v) is 6.64. The van der Waals surface area contributed by atoms with Gasteiger partial charge in [0.05, 0.1) is 11.4 Å². The number of carbonyl (C=O) groups is 1. The van der Waals surface area contributed by atoms with E-state index < -0.39 is 5.82 Å². The maximum absolute atomic E-state index is 14.4. The molecule has 2 aromatic heterocycles. The Labute approximate surface area is 154 Å². The molecular weight excluding hydrogens is 351 g/mol. The Morgan fingerprint density at radius 1 is 1.27 bits per heavy atom. The number of nitrogens with zero attached hydrogens (tertiary/aromatic N) is 3. The molecule has 2 aliphatic heterocycles. The Bertz CT molecular complexity index is 1020. The van der Waals surface area contributed by atoms with E-state index in [-0.39, 0.29) is 5.91 Å². The highest BCUT2D eigenvalue weighted by Gasteiger charge is 2.33. The van der Waals surface area contributed by atoms with Crippen molar-refractivity contribution in [3.05, 3.63) is 45.5 Å². The summed E-state index contributed by atoms with van der Waals surface area (Å²) in [6.07, 6.45) is 4.02. The Kier molecular flexibility index (Phi) is 3.62. The number of thiophene rings is 1. The zero-order valence-corrected chi connectivity index (χ0v) is 15.3. The first-order valence-electron chi connectivity index (χ1n) is 8.88. The predicted molar refractivity (Wildman–Crippen MR) is 100 cm³/mol. The van der Waals surface area contributed by atoms with E-state index >= 15 is 0 Å². The van der Waals surface area contributed by atoms with Gasteiger partial charge in [-0.25, -0.2) is 4.39 Å². The molecule has 5 nitrogen and oxygen atoms in total. The van der Waals surface area contributed by atoms with E-state index in [0.29, 0.717) is 29.1 Å². The number of benzene rings is 1. The van der Waals surface area contributed by atoms with Crippen molar-refractivity contribution >= 4 is 33.8 Å². The number of carbonyl (C=O) groups excluding carboxylic acids is 1. The van der Waals surface area contributed by atoms with Gasteiger partial charge < -0.3 is 10.2 Å². The maximum atomic E-state index is 14.4. The SMILES string of the molecule is Cn1cc2cc(N3Cc4cc(C5CCNCC5)sc4C3=O)cc(F)c2n1. The van der Waals surface area contributed by atoms with Gasteiger partial charge in [0.1, 0.15) is 5.52 Å². The van der Waals surface area contributed by atoms with E-state index in [0.717, 1.165) is 36.4 Å². The largest absolute Gasteiger partial charge is 0.317 e. The summed E-state index contributed by atoms with van der Waals surface area (Å²) >= 11 is 1.62. The van der Waals surface area contributed by atoms with Crippen LogP contribution in [0.4, 0.5) is 10.1 Å². The van der Waals surface area contributed by atoms with Crippen molar-refractivity contribution in [1.29, 1.82) is 0 Å². The molecule has 0 bridgehead atoms. The summed E-state index contributed by atoms with van der Waals surface area (Å²) in [6, 6.07) is 5.44. The Morgan fingerprint density at radius 3 is 2.85 bits per heavy atom. The molecule has 4 heterocycles. The molecule has 7 heteroatoms. The number of anilines is 1. The zero-order chi connectivity index (χ0) is 17.8. The van der Waals surface area contributed by atoms with E-state index in [1.807, 2.05) is 6.07 Å². The van der Waals surface area contributed by atoms with Gasteiger partial charge in [0.2, 0.25) is 0 Å². The third-order valence-electron chi connectivity index (χ3n) is 5.31. The van der Waals surface area contributed by atoms with Gasteiger partial charge in [0, 0.05) is 29.2 Å². The number of halogens is 1. The summed E-state index contributed by atoms with van der Waals surface area (Å²) in [5.74, 6) is 0.140. The molecule has 0 spiro atoms. The first kappa shape index (κ1) is 16.0. The number of piperidine rings is 1. The van der Waals surface area contributed by atoms with Crippen molar-refractivity contribution in [3.8, 4) is 0 Å². The summed E-state index contributed by atoms with van der Waals surface area (Å²) in [4.78, 5) is 16.7. The average molecular weight is 370 g/mol. The van der Waals surface area contributed by atoms with Crippen LogP contribution in [-0.2, 0) is 13.6 Å². The second kappa shape index (κ2) is 5.89. The van der Waals surface area contributed by atoms with Crippen LogP contribution >= 0.6 is 11.3 Å². The van der Waals surface area contributed by atoms with Gasteiger partial charge in [0.25, 0.3) is 5.91 Å². The van der Waals surface area contributed by atoms with Crippen LogP contribution in [0, 0.1) is 5.82 Å². The fraction of sp³-hybridized carbons (Fsp3) is 0.368. The lowest BCUT2D eigenvalue weighted by molar-refractivity contribution is 0.1000. The van der Waals surface area contributed by atoms with Gasteiger partial charge in [-0.2, -0.15) is 5.10 Å². The van der Waals surface area contributed by atoms with Gasteiger partial charge in [-0.05, 0) is 55.6 Å². The molecule has 0 aliphatic carbocycles. The maximum Gasteiger partial charge on any atom is 0.269 e. The molecule has 3 aromatic rings. The second-order valence-electron chi connectivity index (χ2n) is 7.09. The Morgan fingerprint density at radius 2 is 2.08 bits per heavy atom. The molecule has 2 aliphatic rings. The lowest BCUT2D eigenvalue weighted by Crippen LogP contribution is -2.26. The number of hydrogen-bond donors (Lipinski definition) is 1. The lowest BCUT2D eigenvalue weighted by atomic mass is 9.96. The highest BCUT2D eigenvalue weighted by Crippen LogP contribution is 2.39. The summed E-state index contributed by atoms with van der Waals surface area (Å²) in [7, 11) is 1.76. The smallest absolute Gasteiger partial charge is 0.269 e. The molecule has 5 rings (SSSR count). The van der Waals surface area contributed by atoms with Gasteiger partial charge in [-0.3, -0.25) is 9.48 Å². The molecule has 134 valence electrons. The van der Waals surface area contributed by atoms with Crippen LogP contribution in [0.5, 0.6) is 0 Å². The zero-order valence-electron chi connectivity index (χ0n) is 14.5. The number of amides is 1. The topological polar surface area (TPSA) is 50.2 Å². The molecule has 1 N–H and O–H groups in total. The lowest BCUT2D eigenvalue weighted by Gasteiger charge is -2.22. The fourth-order valence-electron chi connectivity index (χ4n) is 3.98. The van der Waals surface area contributed by atoms with Crippen LogP contribution in [0.3, 0.4) is 0 Å². The number of aromatic nitrogens is 2. The van der Waals surface area contributed by atoms with E-state index in [1.165, 1.54) is 10.9 Å². The number of fused-ring (bicyclic) bond motifs is 2. The normalized spacial score (nSPS) is 18.1. The quantitative estimate of drug-likeness (QED) is 0.752.